The largest absolute Gasteiger partial charge is 0.310 e. The summed E-state index contributed by atoms with van der Waals surface area (Å²) < 4.78 is 0. The highest BCUT2D eigenvalue weighted by molar-refractivity contribution is 6.10. The number of hydrogen-bond donors (Lipinski definition) is 0. The van der Waals surface area contributed by atoms with E-state index in [1.165, 1.54) is 37.9 Å². The molecule has 0 aliphatic rings. The Kier molecular flexibility index (Phi) is 5.39. The first-order valence-corrected chi connectivity index (χ1v) is 12.3. The van der Waals surface area contributed by atoms with Crippen molar-refractivity contribution in [2.45, 2.75) is 6.92 Å². The maximum absolute atomic E-state index is 4.12. The van der Waals surface area contributed by atoms with E-state index in [4.69, 9.17) is 0 Å². The summed E-state index contributed by atoms with van der Waals surface area (Å²) in [7, 11) is 0. The van der Waals surface area contributed by atoms with Gasteiger partial charge in [0.15, 0.2) is 0 Å². The zero-order chi connectivity index (χ0) is 24.6. The van der Waals surface area contributed by atoms with Crippen molar-refractivity contribution in [2.75, 3.05) is 4.90 Å². The summed E-state index contributed by atoms with van der Waals surface area (Å²) in [6.07, 6.45) is 3.86. The number of aryl methyl sites for hydroxylation is 1. The normalized spacial score (nSPS) is 11.1. The second-order valence-corrected chi connectivity index (χ2v) is 9.17. The minimum Gasteiger partial charge on any atom is -0.310 e. The van der Waals surface area contributed by atoms with Crippen LogP contribution in [0.5, 0.6) is 0 Å². The Balaban J connectivity index is 1.72. The second kappa shape index (κ2) is 8.87. The Hall–Kier alpha value is -4.62. The highest BCUT2D eigenvalue weighted by Crippen LogP contribution is 2.43. The molecule has 0 saturated heterocycles. The van der Waals surface area contributed by atoms with Crippen LogP contribution in [0.1, 0.15) is 16.7 Å². The first-order chi connectivity index (χ1) is 17.7. The number of benzene rings is 6. The van der Waals surface area contributed by atoms with Crippen molar-refractivity contribution in [1.82, 2.24) is 0 Å². The number of para-hydroxylation sites is 1. The lowest BCUT2D eigenvalue weighted by atomic mass is 9.95. The lowest BCUT2D eigenvalue weighted by molar-refractivity contribution is 1.26. The standard InChI is InChI=1S/C35H27N/c1-4-25-22-35(32-16-10-9-15-31(32)29(25)5-2)36(34-17-11-6-12-24(34)3)28-21-20-27-19-18-26-13-7-8-14-30(26)33(27)23-28/h4-23H,1-2H2,3H3. The molecule has 6 rings (SSSR count). The Morgan fingerprint density at radius 1 is 0.556 bits per heavy atom. The fraction of sp³-hybridized carbons (Fsp3) is 0.0286. The molecule has 1 nitrogen and oxygen atoms in total. The SMILES string of the molecule is C=Cc1cc(N(c2ccc3ccc4ccccc4c3c2)c2ccccc2C)c2ccccc2c1C=C. The molecule has 0 aliphatic carbocycles. The van der Waals surface area contributed by atoms with Gasteiger partial charge in [-0.25, -0.2) is 0 Å². The van der Waals surface area contributed by atoms with Crippen LogP contribution in [0.2, 0.25) is 0 Å². The molecule has 0 spiro atoms. The Bertz CT molecular complexity index is 1790. The number of hydrogen-bond acceptors (Lipinski definition) is 1. The van der Waals surface area contributed by atoms with E-state index in [-0.39, 0.29) is 0 Å². The van der Waals surface area contributed by atoms with E-state index in [1.807, 2.05) is 12.2 Å². The van der Waals surface area contributed by atoms with E-state index in [0.29, 0.717) is 0 Å². The molecule has 6 aromatic carbocycles. The highest BCUT2D eigenvalue weighted by atomic mass is 15.1. The van der Waals surface area contributed by atoms with Gasteiger partial charge in [0.1, 0.15) is 0 Å². The van der Waals surface area contributed by atoms with E-state index < -0.39 is 0 Å². The molecule has 0 fully saturated rings. The summed E-state index contributed by atoms with van der Waals surface area (Å²) in [6.45, 7) is 10.4. The molecule has 0 amide bonds. The van der Waals surface area contributed by atoms with Gasteiger partial charge < -0.3 is 4.90 Å². The molecule has 0 bridgehead atoms. The third kappa shape index (κ3) is 3.49. The van der Waals surface area contributed by atoms with E-state index in [2.05, 4.69) is 134 Å². The van der Waals surface area contributed by atoms with E-state index in [9.17, 15) is 0 Å². The second-order valence-electron chi connectivity index (χ2n) is 9.17. The molecular weight excluding hydrogens is 434 g/mol. The molecule has 0 heterocycles. The molecule has 36 heavy (non-hydrogen) atoms. The van der Waals surface area contributed by atoms with Gasteiger partial charge >= 0.3 is 0 Å². The van der Waals surface area contributed by atoms with Crippen molar-refractivity contribution in [3.8, 4) is 0 Å². The third-order valence-corrected chi connectivity index (χ3v) is 7.11. The first kappa shape index (κ1) is 21.9. The van der Waals surface area contributed by atoms with E-state index in [1.54, 1.807) is 0 Å². The number of rotatable bonds is 5. The van der Waals surface area contributed by atoms with Crippen LogP contribution in [0.15, 0.2) is 122 Å². The van der Waals surface area contributed by atoms with Gasteiger partial charge in [-0.05, 0) is 74.8 Å². The van der Waals surface area contributed by atoms with Gasteiger partial charge in [-0.15, -0.1) is 0 Å². The number of nitrogens with zero attached hydrogens (tertiary/aromatic N) is 1. The average molecular weight is 462 g/mol. The van der Waals surface area contributed by atoms with Crippen LogP contribution >= 0.6 is 0 Å². The maximum Gasteiger partial charge on any atom is 0.0546 e. The summed E-state index contributed by atoms with van der Waals surface area (Å²) in [5, 5.41) is 7.35. The lowest BCUT2D eigenvalue weighted by Crippen LogP contribution is -2.12. The fourth-order valence-corrected chi connectivity index (χ4v) is 5.33. The Morgan fingerprint density at radius 2 is 1.19 bits per heavy atom. The third-order valence-electron chi connectivity index (χ3n) is 7.11. The summed E-state index contributed by atoms with van der Waals surface area (Å²) in [5.41, 5.74) is 6.80. The molecule has 0 atom stereocenters. The van der Waals surface area contributed by atoms with Crippen molar-refractivity contribution in [2.24, 2.45) is 0 Å². The molecule has 0 aliphatic heterocycles. The molecule has 172 valence electrons. The lowest BCUT2D eigenvalue weighted by Gasteiger charge is -2.29. The zero-order valence-electron chi connectivity index (χ0n) is 20.4. The van der Waals surface area contributed by atoms with Crippen LogP contribution in [0, 0.1) is 6.92 Å². The monoisotopic (exact) mass is 461 g/mol. The van der Waals surface area contributed by atoms with Crippen molar-refractivity contribution in [3.05, 3.63) is 139 Å². The van der Waals surface area contributed by atoms with Crippen molar-refractivity contribution in [1.29, 1.82) is 0 Å². The topological polar surface area (TPSA) is 3.24 Å². The van der Waals surface area contributed by atoms with Crippen LogP contribution < -0.4 is 4.90 Å². The number of fused-ring (bicyclic) bond motifs is 4. The van der Waals surface area contributed by atoms with E-state index in [0.717, 1.165) is 28.2 Å². The number of anilines is 3. The van der Waals surface area contributed by atoms with Gasteiger partial charge in [0.25, 0.3) is 0 Å². The van der Waals surface area contributed by atoms with Crippen molar-refractivity contribution in [3.63, 3.8) is 0 Å². The summed E-state index contributed by atoms with van der Waals surface area (Å²) in [4.78, 5) is 2.39. The first-order valence-electron chi connectivity index (χ1n) is 12.3. The molecule has 0 N–H and O–H groups in total. The van der Waals surface area contributed by atoms with Crippen LogP contribution in [0.25, 0.3) is 44.5 Å². The molecular formula is C35H27N. The van der Waals surface area contributed by atoms with Crippen LogP contribution in [0.4, 0.5) is 17.1 Å². The fourth-order valence-electron chi connectivity index (χ4n) is 5.33. The van der Waals surface area contributed by atoms with Gasteiger partial charge in [-0.3, -0.25) is 0 Å². The van der Waals surface area contributed by atoms with Gasteiger partial charge in [-0.2, -0.15) is 0 Å². The molecule has 0 unspecified atom stereocenters. The zero-order valence-corrected chi connectivity index (χ0v) is 20.4. The van der Waals surface area contributed by atoms with Crippen molar-refractivity contribution < 1.29 is 0 Å². The minimum absolute atomic E-state index is 1.07. The Labute approximate surface area is 212 Å². The maximum atomic E-state index is 4.12. The predicted molar refractivity (Wildman–Crippen MR) is 159 cm³/mol. The summed E-state index contributed by atoms with van der Waals surface area (Å²) >= 11 is 0. The highest BCUT2D eigenvalue weighted by Gasteiger charge is 2.19. The summed E-state index contributed by atoms with van der Waals surface area (Å²) in [6, 6.07) is 39.2. The predicted octanol–water partition coefficient (Wildman–Crippen LogP) is 10.2. The van der Waals surface area contributed by atoms with Gasteiger partial charge in [0, 0.05) is 16.8 Å². The molecule has 0 aromatic heterocycles. The van der Waals surface area contributed by atoms with Crippen LogP contribution in [-0.4, -0.2) is 0 Å². The molecule has 0 saturated carbocycles. The van der Waals surface area contributed by atoms with E-state index >= 15 is 0 Å². The smallest absolute Gasteiger partial charge is 0.0546 e. The van der Waals surface area contributed by atoms with Crippen molar-refractivity contribution >= 4 is 61.5 Å². The Morgan fingerprint density at radius 3 is 1.94 bits per heavy atom. The van der Waals surface area contributed by atoms with Gasteiger partial charge in [0.05, 0.1) is 5.69 Å². The molecule has 0 radical (unpaired) electrons. The van der Waals surface area contributed by atoms with Gasteiger partial charge in [-0.1, -0.05) is 110 Å². The minimum atomic E-state index is 1.07. The average Bonchev–Trinajstić information content (AvgIpc) is 2.93. The molecule has 6 aromatic rings. The van der Waals surface area contributed by atoms with Crippen LogP contribution in [-0.2, 0) is 0 Å². The quantitative estimate of drug-likeness (QED) is 0.231. The van der Waals surface area contributed by atoms with Crippen LogP contribution in [0.3, 0.4) is 0 Å². The molecule has 1 heteroatoms. The summed E-state index contributed by atoms with van der Waals surface area (Å²) in [5.74, 6) is 0. The van der Waals surface area contributed by atoms with Gasteiger partial charge in [0.2, 0.25) is 0 Å².